The van der Waals surface area contributed by atoms with Crippen LogP contribution < -0.4 is 16.4 Å². The molecule has 0 atom stereocenters. The molecule has 2 amide bonds. The lowest BCUT2D eigenvalue weighted by atomic mass is 9.95. The highest BCUT2D eigenvalue weighted by Gasteiger charge is 2.40. The number of hydrogen-bond acceptors (Lipinski definition) is 5. The number of aryl methyl sites for hydroxylation is 1. The van der Waals surface area contributed by atoms with Gasteiger partial charge in [0.2, 0.25) is 6.41 Å². The van der Waals surface area contributed by atoms with Crippen LogP contribution in [0.5, 0.6) is 0 Å². The summed E-state index contributed by atoms with van der Waals surface area (Å²) in [6, 6.07) is 6.22. The highest BCUT2D eigenvalue weighted by Crippen LogP contribution is 2.31. The fourth-order valence-corrected chi connectivity index (χ4v) is 2.88. The first kappa shape index (κ1) is 33.9. The molecule has 0 bridgehead atoms. The normalized spacial score (nSPS) is 13.3. The Balaban J connectivity index is 0.000000910. The number of aliphatic hydroxyl groups is 1. The van der Waals surface area contributed by atoms with E-state index in [9.17, 15) is 27.9 Å². The Morgan fingerprint density at radius 3 is 2.08 bits per heavy atom. The Bertz CT molecular complexity index is 1010. The third kappa shape index (κ3) is 12.1. The Morgan fingerprint density at radius 2 is 1.68 bits per heavy atom. The number of β-amino-alcohol motifs (C(OH)–C–C–N with tert-alkyl or cyclic N) is 1. The van der Waals surface area contributed by atoms with Crippen LogP contribution >= 0.6 is 0 Å². The average molecular weight is 527 g/mol. The highest BCUT2D eigenvalue weighted by molar-refractivity contribution is 6.01. The first-order valence-corrected chi connectivity index (χ1v) is 12.1. The minimum absolute atomic E-state index is 0. The van der Waals surface area contributed by atoms with Crippen LogP contribution in [0.1, 0.15) is 64.4 Å². The Labute approximate surface area is 218 Å². The van der Waals surface area contributed by atoms with Gasteiger partial charge >= 0.3 is 0 Å². The molecule has 208 valence electrons. The molecule has 0 saturated carbocycles. The fraction of sp³-hybridized carbons (Fsp3) is 0.481. The van der Waals surface area contributed by atoms with E-state index in [0.717, 1.165) is 18.7 Å². The summed E-state index contributed by atoms with van der Waals surface area (Å²) in [5, 5.41) is 14.7. The highest BCUT2D eigenvalue weighted by atomic mass is 19.2. The van der Waals surface area contributed by atoms with Crippen LogP contribution in [0.4, 0.5) is 24.5 Å². The zero-order valence-electron chi connectivity index (χ0n) is 23.0. The summed E-state index contributed by atoms with van der Waals surface area (Å²) in [6.07, 6.45) is 0.681. The molecule has 0 unspecified atom stereocenters. The van der Waals surface area contributed by atoms with Gasteiger partial charge in [-0.3, -0.25) is 9.59 Å². The number of amides is 2. The van der Waals surface area contributed by atoms with E-state index in [0.29, 0.717) is 12.0 Å². The number of anilines is 2. The van der Waals surface area contributed by atoms with Gasteiger partial charge in [-0.2, -0.15) is 0 Å². The number of rotatable bonds is 5. The number of nitrogens with zero attached hydrogens (tertiary/aromatic N) is 1. The monoisotopic (exact) mass is 526 g/mol. The number of benzene rings is 2. The number of likely N-dealkylation sites (tertiary alicyclic amines) is 1. The number of carbonyl (C=O) groups excluding carboxylic acids is 2. The van der Waals surface area contributed by atoms with Gasteiger partial charge < -0.3 is 26.4 Å². The second-order valence-electron chi connectivity index (χ2n) is 9.59. The largest absolute Gasteiger partial charge is 0.386 e. The summed E-state index contributed by atoms with van der Waals surface area (Å²) in [4.78, 5) is 23.1. The average Bonchev–Trinajstić information content (AvgIpc) is 2.78. The minimum atomic E-state index is -1.27. The lowest BCUT2D eigenvalue weighted by Crippen LogP contribution is -2.61. The Morgan fingerprint density at radius 1 is 1.14 bits per heavy atom. The van der Waals surface area contributed by atoms with Crippen molar-refractivity contribution < 1.29 is 27.9 Å². The Kier molecular flexibility index (Phi) is 13.9. The number of carbonyl (C=O) groups is 2. The van der Waals surface area contributed by atoms with E-state index in [4.69, 9.17) is 5.73 Å². The standard InChI is InChI=1S/C18H17F3N2O2.C4H11N.C3H7NO.C2H6/c1-10-3-6-14(13(20)7-10)22-16-11(4-5-12(19)15(16)21)17(24)23-8-18(2,25)9-23;1-4(2,3)5;1-2-4-3-5;1-2/h3-7,22,25H,8-9H2,1-2H3;5H2,1-3H3;3H,2H2,1H3,(H,4,5);1-2H3. The van der Waals surface area contributed by atoms with Crippen molar-refractivity contribution in [1.82, 2.24) is 10.2 Å². The van der Waals surface area contributed by atoms with Crippen molar-refractivity contribution in [3.8, 4) is 0 Å². The van der Waals surface area contributed by atoms with Gasteiger partial charge in [-0.1, -0.05) is 19.9 Å². The number of nitrogens with two attached hydrogens (primary N) is 1. The van der Waals surface area contributed by atoms with Crippen molar-refractivity contribution in [2.45, 2.75) is 66.5 Å². The molecule has 37 heavy (non-hydrogen) atoms. The molecule has 0 aliphatic carbocycles. The van der Waals surface area contributed by atoms with Gasteiger partial charge in [0.1, 0.15) is 5.82 Å². The van der Waals surface area contributed by atoms with E-state index in [-0.39, 0.29) is 29.9 Å². The van der Waals surface area contributed by atoms with Crippen molar-refractivity contribution in [3.05, 3.63) is 58.9 Å². The molecule has 1 aliphatic rings. The fourth-order valence-electron chi connectivity index (χ4n) is 2.88. The molecule has 1 heterocycles. The second-order valence-corrected chi connectivity index (χ2v) is 9.59. The predicted octanol–water partition coefficient (Wildman–Crippen LogP) is 4.88. The number of halogens is 3. The lowest BCUT2D eigenvalue weighted by Gasteiger charge is -2.44. The summed E-state index contributed by atoms with van der Waals surface area (Å²) in [5.74, 6) is -3.63. The molecule has 10 heteroatoms. The molecule has 0 radical (unpaired) electrons. The maximum absolute atomic E-state index is 14.3. The van der Waals surface area contributed by atoms with Crippen LogP contribution in [0.2, 0.25) is 0 Å². The topological polar surface area (TPSA) is 108 Å². The van der Waals surface area contributed by atoms with Gasteiger partial charge in [-0.15, -0.1) is 0 Å². The molecular weight excluding hydrogens is 485 g/mol. The molecule has 3 rings (SSSR count). The van der Waals surface area contributed by atoms with Crippen molar-refractivity contribution in [2.75, 3.05) is 25.0 Å². The van der Waals surface area contributed by atoms with E-state index in [1.807, 2.05) is 41.5 Å². The van der Waals surface area contributed by atoms with Gasteiger partial charge in [-0.25, -0.2) is 13.2 Å². The molecule has 1 fully saturated rings. The van der Waals surface area contributed by atoms with Crippen molar-refractivity contribution >= 4 is 23.7 Å². The zero-order chi connectivity index (χ0) is 29.0. The number of nitrogens with one attached hydrogen (secondary N) is 2. The summed E-state index contributed by atoms with van der Waals surface area (Å²) in [6.45, 7) is 15.9. The molecule has 1 saturated heterocycles. The van der Waals surface area contributed by atoms with Crippen LogP contribution in [-0.2, 0) is 4.79 Å². The van der Waals surface area contributed by atoms with Gasteiger partial charge in [0.25, 0.3) is 5.91 Å². The smallest absolute Gasteiger partial charge is 0.256 e. The molecule has 2 aromatic carbocycles. The molecule has 0 aromatic heterocycles. The maximum atomic E-state index is 14.3. The van der Waals surface area contributed by atoms with Crippen LogP contribution in [0.25, 0.3) is 0 Å². The third-order valence-electron chi connectivity index (χ3n) is 4.35. The van der Waals surface area contributed by atoms with Crippen molar-refractivity contribution in [3.63, 3.8) is 0 Å². The first-order valence-electron chi connectivity index (χ1n) is 12.1. The van der Waals surface area contributed by atoms with Gasteiger partial charge in [-0.05, 0) is 71.4 Å². The minimum Gasteiger partial charge on any atom is -0.386 e. The third-order valence-corrected chi connectivity index (χ3v) is 4.35. The van der Waals surface area contributed by atoms with E-state index in [1.165, 1.54) is 17.0 Å². The van der Waals surface area contributed by atoms with E-state index < -0.39 is 34.6 Å². The molecule has 0 spiro atoms. The maximum Gasteiger partial charge on any atom is 0.256 e. The molecule has 1 aliphatic heterocycles. The zero-order valence-corrected chi connectivity index (χ0v) is 23.0. The number of hydrogen-bond donors (Lipinski definition) is 4. The summed E-state index contributed by atoms with van der Waals surface area (Å²) in [7, 11) is 0. The summed E-state index contributed by atoms with van der Waals surface area (Å²) >= 11 is 0. The van der Waals surface area contributed by atoms with Crippen molar-refractivity contribution in [1.29, 1.82) is 0 Å². The quantitative estimate of drug-likeness (QED) is 0.415. The lowest BCUT2D eigenvalue weighted by molar-refractivity contribution is -0.109. The predicted molar refractivity (Wildman–Crippen MR) is 142 cm³/mol. The first-order chi connectivity index (χ1) is 17.1. The van der Waals surface area contributed by atoms with E-state index >= 15 is 0 Å². The van der Waals surface area contributed by atoms with Crippen LogP contribution in [0.15, 0.2) is 30.3 Å². The second kappa shape index (κ2) is 15.2. The van der Waals surface area contributed by atoms with Crippen molar-refractivity contribution in [2.24, 2.45) is 5.73 Å². The Hall–Kier alpha value is -3.11. The summed E-state index contributed by atoms with van der Waals surface area (Å²) in [5.41, 5.74) is 4.40. The molecule has 2 aromatic rings. The van der Waals surface area contributed by atoms with Gasteiger partial charge in [0.05, 0.1) is 35.6 Å². The van der Waals surface area contributed by atoms with Crippen LogP contribution in [0.3, 0.4) is 0 Å². The molecule has 7 nitrogen and oxygen atoms in total. The van der Waals surface area contributed by atoms with Gasteiger partial charge in [0.15, 0.2) is 11.6 Å². The SMILES string of the molecule is CC.CC(C)(C)N.CCNC=O.Cc1ccc(Nc2c(C(=O)N3CC(C)(O)C3)ccc(F)c2F)c(F)c1. The van der Waals surface area contributed by atoms with Gasteiger partial charge in [0, 0.05) is 12.1 Å². The summed E-state index contributed by atoms with van der Waals surface area (Å²) < 4.78 is 41.9. The molecular formula is C27H41F3N4O3. The molecule has 5 N–H and O–H groups in total. The van der Waals surface area contributed by atoms with E-state index in [1.54, 1.807) is 19.9 Å². The van der Waals surface area contributed by atoms with Crippen LogP contribution in [0, 0.1) is 24.4 Å². The van der Waals surface area contributed by atoms with Crippen LogP contribution in [-0.4, -0.2) is 53.1 Å². The van der Waals surface area contributed by atoms with E-state index in [2.05, 4.69) is 10.6 Å².